The van der Waals surface area contributed by atoms with E-state index in [2.05, 4.69) is 28.7 Å². The van der Waals surface area contributed by atoms with Gasteiger partial charge in [0.1, 0.15) is 0 Å². The maximum absolute atomic E-state index is 12.6. The normalized spacial score (nSPS) is 32.3. The Hall–Kier alpha value is -0.810. The van der Waals surface area contributed by atoms with E-state index in [4.69, 9.17) is 0 Å². The van der Waals surface area contributed by atoms with Crippen LogP contribution >= 0.6 is 0 Å². The average Bonchev–Trinajstić information content (AvgIpc) is 2.56. The van der Waals surface area contributed by atoms with E-state index in [9.17, 15) is 4.79 Å². The molecular weight excluding hydrogens is 276 g/mol. The van der Waals surface area contributed by atoms with Gasteiger partial charge in [-0.3, -0.25) is 4.90 Å². The minimum Gasteiger partial charge on any atom is -0.322 e. The Morgan fingerprint density at radius 1 is 0.773 bits per heavy atom. The molecule has 0 N–H and O–H groups in total. The predicted molar refractivity (Wildman–Crippen MR) is 89.0 cm³/mol. The van der Waals surface area contributed by atoms with Crippen LogP contribution in [0.3, 0.4) is 0 Å². The van der Waals surface area contributed by atoms with E-state index in [1.54, 1.807) is 0 Å². The Morgan fingerprint density at radius 2 is 1.27 bits per heavy atom. The molecule has 2 aliphatic heterocycles. The Balaban J connectivity index is 1.44. The van der Waals surface area contributed by atoms with E-state index in [1.165, 1.54) is 25.7 Å². The number of rotatable bonds is 1. The lowest BCUT2D eigenvalue weighted by Crippen LogP contribution is -2.57. The first-order valence-electron chi connectivity index (χ1n) is 9.10. The number of piperazine rings is 2. The van der Waals surface area contributed by atoms with Crippen molar-refractivity contribution in [3.8, 4) is 0 Å². The van der Waals surface area contributed by atoms with Gasteiger partial charge in [-0.25, -0.2) is 4.79 Å². The number of likely N-dealkylation sites (N-methyl/N-ethyl adjacent to an activating group) is 1. The molecule has 22 heavy (non-hydrogen) atoms. The molecule has 2 heterocycles. The molecule has 1 aliphatic carbocycles. The zero-order valence-corrected chi connectivity index (χ0v) is 14.3. The quantitative estimate of drug-likeness (QED) is 0.736. The van der Waals surface area contributed by atoms with Crippen LogP contribution in [-0.2, 0) is 0 Å². The number of urea groups is 1. The fourth-order valence-electron chi connectivity index (χ4n) is 4.08. The summed E-state index contributed by atoms with van der Waals surface area (Å²) in [6, 6.07) is 1.04. The van der Waals surface area contributed by atoms with Crippen LogP contribution in [0.15, 0.2) is 0 Å². The first-order valence-corrected chi connectivity index (χ1v) is 9.10. The van der Waals surface area contributed by atoms with Crippen LogP contribution in [0.4, 0.5) is 4.79 Å². The van der Waals surface area contributed by atoms with Gasteiger partial charge in [-0.05, 0) is 38.6 Å². The highest BCUT2D eigenvalue weighted by Gasteiger charge is 2.30. The van der Waals surface area contributed by atoms with Gasteiger partial charge in [-0.2, -0.15) is 0 Å². The van der Waals surface area contributed by atoms with Gasteiger partial charge in [-0.1, -0.05) is 6.92 Å². The number of amides is 2. The van der Waals surface area contributed by atoms with Crippen molar-refractivity contribution >= 4 is 6.03 Å². The minimum absolute atomic E-state index is 0.269. The SMILES string of the molecule is CC1CCC(N2CCN(C(=O)N3CCN(C)CC3)CC2)CC1. The molecule has 5 nitrogen and oxygen atoms in total. The molecule has 0 spiro atoms. The second-order valence-corrected chi connectivity index (χ2v) is 7.51. The first-order chi connectivity index (χ1) is 10.6. The molecule has 0 aromatic rings. The first kappa shape index (κ1) is 16.1. The smallest absolute Gasteiger partial charge is 0.320 e. The molecule has 2 saturated heterocycles. The van der Waals surface area contributed by atoms with Crippen LogP contribution in [0.1, 0.15) is 32.6 Å². The zero-order valence-electron chi connectivity index (χ0n) is 14.3. The van der Waals surface area contributed by atoms with Gasteiger partial charge in [0.2, 0.25) is 0 Å². The van der Waals surface area contributed by atoms with Gasteiger partial charge in [-0.15, -0.1) is 0 Å². The van der Waals surface area contributed by atoms with E-state index in [1.807, 2.05) is 4.90 Å². The Morgan fingerprint density at radius 3 is 1.82 bits per heavy atom. The zero-order chi connectivity index (χ0) is 15.5. The van der Waals surface area contributed by atoms with Crippen LogP contribution in [-0.4, -0.2) is 91.1 Å². The standard InChI is InChI=1S/C17H32N4O/c1-15-3-5-16(6-4-15)19-11-13-21(14-12-19)17(22)20-9-7-18(2)8-10-20/h15-16H,3-14H2,1-2H3. The van der Waals surface area contributed by atoms with Crippen molar-refractivity contribution in [1.29, 1.82) is 0 Å². The third-order valence-corrected chi connectivity index (χ3v) is 5.86. The fourth-order valence-corrected chi connectivity index (χ4v) is 4.08. The Bertz CT molecular complexity index is 365. The minimum atomic E-state index is 0.269. The number of carbonyl (C=O) groups is 1. The maximum atomic E-state index is 12.6. The van der Waals surface area contributed by atoms with Gasteiger partial charge in [0.15, 0.2) is 0 Å². The summed E-state index contributed by atoms with van der Waals surface area (Å²) in [5.74, 6) is 0.913. The molecule has 3 aliphatic rings. The van der Waals surface area contributed by atoms with Crippen molar-refractivity contribution in [2.45, 2.75) is 38.6 Å². The number of hydrogen-bond donors (Lipinski definition) is 0. The van der Waals surface area contributed by atoms with Gasteiger partial charge in [0, 0.05) is 58.4 Å². The van der Waals surface area contributed by atoms with Gasteiger partial charge in [0.25, 0.3) is 0 Å². The summed E-state index contributed by atoms with van der Waals surface area (Å²) in [5, 5.41) is 0. The van der Waals surface area contributed by atoms with Gasteiger partial charge >= 0.3 is 6.03 Å². The van der Waals surface area contributed by atoms with Crippen molar-refractivity contribution in [3.63, 3.8) is 0 Å². The largest absolute Gasteiger partial charge is 0.322 e. The lowest BCUT2D eigenvalue weighted by atomic mass is 9.86. The molecule has 0 aromatic heterocycles. The van der Waals surface area contributed by atoms with E-state index < -0.39 is 0 Å². The van der Waals surface area contributed by atoms with E-state index >= 15 is 0 Å². The maximum Gasteiger partial charge on any atom is 0.320 e. The second-order valence-electron chi connectivity index (χ2n) is 7.51. The third kappa shape index (κ3) is 3.74. The lowest BCUT2D eigenvalue weighted by molar-refractivity contribution is 0.0659. The summed E-state index contributed by atoms with van der Waals surface area (Å²) in [6.45, 7) is 10.1. The molecule has 5 heteroatoms. The van der Waals surface area contributed by atoms with Crippen LogP contribution in [0.25, 0.3) is 0 Å². The molecule has 1 saturated carbocycles. The van der Waals surface area contributed by atoms with E-state index in [0.717, 1.165) is 64.3 Å². The van der Waals surface area contributed by atoms with E-state index in [0.29, 0.717) is 0 Å². The highest BCUT2D eigenvalue weighted by atomic mass is 16.2. The molecule has 0 radical (unpaired) electrons. The second kappa shape index (κ2) is 7.18. The Kier molecular flexibility index (Phi) is 5.24. The van der Waals surface area contributed by atoms with Crippen molar-refractivity contribution in [1.82, 2.24) is 19.6 Å². The molecule has 2 amide bonds. The van der Waals surface area contributed by atoms with Crippen LogP contribution < -0.4 is 0 Å². The molecule has 3 rings (SSSR count). The molecule has 126 valence electrons. The summed E-state index contributed by atoms with van der Waals surface area (Å²) < 4.78 is 0. The fraction of sp³-hybridized carbons (Fsp3) is 0.941. The number of carbonyl (C=O) groups excluding carboxylic acids is 1. The third-order valence-electron chi connectivity index (χ3n) is 5.86. The topological polar surface area (TPSA) is 30.0 Å². The molecular formula is C17H32N4O. The number of nitrogens with zero attached hydrogens (tertiary/aromatic N) is 4. The van der Waals surface area contributed by atoms with Crippen molar-refractivity contribution in [2.75, 3.05) is 59.4 Å². The average molecular weight is 308 g/mol. The van der Waals surface area contributed by atoms with Gasteiger partial charge < -0.3 is 14.7 Å². The van der Waals surface area contributed by atoms with Crippen LogP contribution in [0.2, 0.25) is 0 Å². The highest BCUT2D eigenvalue weighted by molar-refractivity contribution is 5.74. The Labute approximate surface area is 135 Å². The van der Waals surface area contributed by atoms with Gasteiger partial charge in [0.05, 0.1) is 0 Å². The molecule has 0 bridgehead atoms. The summed E-state index contributed by atoms with van der Waals surface area (Å²) in [6.07, 6.45) is 5.47. The van der Waals surface area contributed by atoms with Crippen molar-refractivity contribution in [3.05, 3.63) is 0 Å². The summed E-state index contributed by atoms with van der Waals surface area (Å²) in [4.78, 5) is 21.7. The molecule has 3 fully saturated rings. The predicted octanol–water partition coefficient (Wildman–Crippen LogP) is 1.55. The highest BCUT2D eigenvalue weighted by Crippen LogP contribution is 2.27. The van der Waals surface area contributed by atoms with Crippen molar-refractivity contribution in [2.24, 2.45) is 5.92 Å². The van der Waals surface area contributed by atoms with Crippen LogP contribution in [0.5, 0.6) is 0 Å². The van der Waals surface area contributed by atoms with Crippen LogP contribution in [0, 0.1) is 5.92 Å². The summed E-state index contributed by atoms with van der Waals surface area (Å²) >= 11 is 0. The summed E-state index contributed by atoms with van der Waals surface area (Å²) in [7, 11) is 2.13. The lowest BCUT2D eigenvalue weighted by Gasteiger charge is -2.43. The summed E-state index contributed by atoms with van der Waals surface area (Å²) in [5.41, 5.74) is 0. The molecule has 0 aromatic carbocycles. The monoisotopic (exact) mass is 308 g/mol. The molecule has 0 atom stereocenters. The van der Waals surface area contributed by atoms with Crippen molar-refractivity contribution < 1.29 is 4.79 Å². The number of hydrogen-bond acceptors (Lipinski definition) is 3. The van der Waals surface area contributed by atoms with E-state index in [-0.39, 0.29) is 6.03 Å². The molecule has 0 unspecified atom stereocenters.